The van der Waals surface area contributed by atoms with E-state index in [0.29, 0.717) is 16.7 Å². The van der Waals surface area contributed by atoms with Crippen LogP contribution in [0.1, 0.15) is 10.4 Å². The smallest absolute Gasteiger partial charge is 0.338 e. The maximum absolute atomic E-state index is 11.0. The first kappa shape index (κ1) is 12.1. The summed E-state index contributed by atoms with van der Waals surface area (Å²) in [5.74, 6) is -0.568. The average Bonchev–Trinajstić information content (AvgIpc) is 2.28. The number of ether oxygens (including phenoxy) is 1. The summed E-state index contributed by atoms with van der Waals surface area (Å²) in [6.45, 7) is 0. The van der Waals surface area contributed by atoms with Crippen molar-refractivity contribution in [3.63, 3.8) is 0 Å². The Hall–Kier alpha value is -1.33. The molecule has 0 fully saturated rings. The first-order valence-electron chi connectivity index (χ1n) is 4.60. The molecule has 2 aromatic rings. The molecule has 0 bridgehead atoms. The minimum absolute atomic E-state index is 0.0341. The largest absolute Gasteiger partial charge is 0.494 e. The lowest BCUT2D eigenvalue weighted by atomic mass is 10.1. The maximum atomic E-state index is 11.0. The number of fused-ring (bicyclic) bond motifs is 1. The van der Waals surface area contributed by atoms with Crippen molar-refractivity contribution in [2.45, 2.75) is 0 Å². The third kappa shape index (κ3) is 2.08. The first-order valence-corrected chi connectivity index (χ1v) is 5.77. The Labute approximate surface area is 110 Å². The van der Waals surface area contributed by atoms with Crippen molar-refractivity contribution < 1.29 is 14.6 Å². The Morgan fingerprint density at radius 3 is 2.82 bits per heavy atom. The number of carboxylic acids is 1. The number of rotatable bonds is 2. The second kappa shape index (κ2) is 4.50. The van der Waals surface area contributed by atoms with Gasteiger partial charge in [0.05, 0.1) is 12.7 Å². The molecule has 0 saturated carbocycles. The average molecular weight is 317 g/mol. The lowest BCUT2D eigenvalue weighted by Crippen LogP contribution is -2.00. The highest BCUT2D eigenvalue weighted by molar-refractivity contribution is 9.10. The molecular formula is C11H7BrClNO3. The monoisotopic (exact) mass is 315 g/mol. The predicted molar refractivity (Wildman–Crippen MR) is 68.0 cm³/mol. The molecule has 0 aliphatic carbocycles. The zero-order chi connectivity index (χ0) is 12.6. The summed E-state index contributed by atoms with van der Waals surface area (Å²) >= 11 is 9.15. The standard InChI is InChI=1S/C11H7BrClNO3/c1-17-8-3-2-7(12)5-4-6(11(15)16)10(13)14-9(5)8/h2-4H,1H3,(H,15,16). The molecule has 1 N–H and O–H groups in total. The van der Waals surface area contributed by atoms with Crippen LogP contribution < -0.4 is 4.74 Å². The van der Waals surface area contributed by atoms with Crippen LogP contribution in [-0.4, -0.2) is 23.2 Å². The number of carboxylic acid groups (broad SMARTS) is 1. The van der Waals surface area contributed by atoms with Crippen LogP contribution in [0.3, 0.4) is 0 Å². The molecule has 1 heterocycles. The summed E-state index contributed by atoms with van der Waals surface area (Å²) in [5.41, 5.74) is 0.491. The zero-order valence-corrected chi connectivity index (χ0v) is 11.0. The van der Waals surface area contributed by atoms with E-state index in [1.165, 1.54) is 13.2 Å². The van der Waals surface area contributed by atoms with Crippen LogP contribution in [0.2, 0.25) is 5.15 Å². The van der Waals surface area contributed by atoms with E-state index in [0.717, 1.165) is 4.47 Å². The highest BCUT2D eigenvalue weighted by Crippen LogP contribution is 2.32. The number of halogens is 2. The van der Waals surface area contributed by atoms with Gasteiger partial charge in [0.1, 0.15) is 16.4 Å². The molecule has 2 rings (SSSR count). The summed E-state index contributed by atoms with van der Waals surface area (Å²) in [6.07, 6.45) is 0. The van der Waals surface area contributed by atoms with E-state index in [-0.39, 0.29) is 10.7 Å². The molecular weight excluding hydrogens is 309 g/mol. The van der Waals surface area contributed by atoms with Gasteiger partial charge in [-0.25, -0.2) is 9.78 Å². The van der Waals surface area contributed by atoms with Gasteiger partial charge in [-0.2, -0.15) is 0 Å². The molecule has 0 atom stereocenters. The van der Waals surface area contributed by atoms with Gasteiger partial charge in [-0.3, -0.25) is 0 Å². The summed E-state index contributed by atoms with van der Waals surface area (Å²) in [5, 5.41) is 9.56. The molecule has 17 heavy (non-hydrogen) atoms. The van der Waals surface area contributed by atoms with E-state index in [4.69, 9.17) is 21.4 Å². The van der Waals surface area contributed by atoms with Crippen LogP contribution in [0.4, 0.5) is 0 Å². The third-order valence-corrected chi connectivity index (χ3v) is 3.28. The molecule has 88 valence electrons. The number of hydrogen-bond donors (Lipinski definition) is 1. The summed E-state index contributed by atoms with van der Waals surface area (Å²) in [7, 11) is 1.52. The third-order valence-electron chi connectivity index (χ3n) is 2.30. The fourth-order valence-corrected chi connectivity index (χ4v) is 2.15. The number of methoxy groups -OCH3 is 1. The summed E-state index contributed by atoms with van der Waals surface area (Å²) in [6, 6.07) is 4.97. The molecule has 0 amide bonds. The summed E-state index contributed by atoms with van der Waals surface area (Å²) in [4.78, 5) is 15.0. The van der Waals surface area contributed by atoms with Gasteiger partial charge in [-0.1, -0.05) is 27.5 Å². The molecule has 4 nitrogen and oxygen atoms in total. The minimum Gasteiger partial charge on any atom is -0.494 e. The Morgan fingerprint density at radius 2 is 2.24 bits per heavy atom. The molecule has 0 aliphatic rings. The fourth-order valence-electron chi connectivity index (χ4n) is 1.49. The maximum Gasteiger partial charge on any atom is 0.338 e. The van der Waals surface area contributed by atoms with Crippen molar-refractivity contribution in [3.8, 4) is 5.75 Å². The van der Waals surface area contributed by atoms with Crippen LogP contribution >= 0.6 is 27.5 Å². The second-order valence-corrected chi connectivity index (χ2v) is 4.49. The van der Waals surface area contributed by atoms with Crippen molar-refractivity contribution in [2.24, 2.45) is 0 Å². The van der Waals surface area contributed by atoms with E-state index in [9.17, 15) is 4.79 Å². The fraction of sp³-hybridized carbons (Fsp3) is 0.0909. The van der Waals surface area contributed by atoms with Gasteiger partial charge in [0, 0.05) is 9.86 Å². The van der Waals surface area contributed by atoms with Gasteiger partial charge in [-0.15, -0.1) is 0 Å². The number of benzene rings is 1. The topological polar surface area (TPSA) is 59.4 Å². The zero-order valence-electron chi connectivity index (χ0n) is 8.70. The Morgan fingerprint density at radius 1 is 1.53 bits per heavy atom. The molecule has 0 aliphatic heterocycles. The molecule has 0 saturated heterocycles. The van der Waals surface area contributed by atoms with E-state index in [1.54, 1.807) is 12.1 Å². The molecule has 6 heteroatoms. The Bertz CT molecular complexity index is 615. The number of carbonyl (C=O) groups is 1. The van der Waals surface area contributed by atoms with Crippen LogP contribution in [0.15, 0.2) is 22.7 Å². The number of hydrogen-bond acceptors (Lipinski definition) is 3. The molecule has 0 radical (unpaired) electrons. The van der Waals surface area contributed by atoms with Crippen molar-refractivity contribution >= 4 is 44.4 Å². The molecule has 0 spiro atoms. The van der Waals surface area contributed by atoms with Gasteiger partial charge in [-0.05, 0) is 18.2 Å². The first-order chi connectivity index (χ1) is 8.04. The molecule has 1 aromatic heterocycles. The van der Waals surface area contributed by atoms with Crippen LogP contribution in [0.25, 0.3) is 10.9 Å². The van der Waals surface area contributed by atoms with Gasteiger partial charge < -0.3 is 9.84 Å². The van der Waals surface area contributed by atoms with Crippen molar-refractivity contribution in [2.75, 3.05) is 7.11 Å². The minimum atomic E-state index is -1.11. The van der Waals surface area contributed by atoms with Crippen LogP contribution in [0, 0.1) is 0 Å². The Kier molecular flexibility index (Phi) is 3.22. The van der Waals surface area contributed by atoms with Gasteiger partial charge >= 0.3 is 5.97 Å². The van der Waals surface area contributed by atoms with Gasteiger partial charge in [0.2, 0.25) is 0 Å². The van der Waals surface area contributed by atoms with Crippen molar-refractivity contribution in [3.05, 3.63) is 33.4 Å². The van der Waals surface area contributed by atoms with E-state index in [2.05, 4.69) is 20.9 Å². The van der Waals surface area contributed by atoms with Gasteiger partial charge in [0.25, 0.3) is 0 Å². The normalized spacial score (nSPS) is 10.5. The van der Waals surface area contributed by atoms with Crippen molar-refractivity contribution in [1.82, 2.24) is 4.98 Å². The number of pyridine rings is 1. The lowest BCUT2D eigenvalue weighted by molar-refractivity contribution is 0.0697. The SMILES string of the molecule is COc1ccc(Br)c2cc(C(=O)O)c(Cl)nc12. The molecule has 0 unspecified atom stereocenters. The lowest BCUT2D eigenvalue weighted by Gasteiger charge is -2.08. The van der Waals surface area contributed by atoms with Crippen LogP contribution in [-0.2, 0) is 0 Å². The van der Waals surface area contributed by atoms with Crippen molar-refractivity contribution in [1.29, 1.82) is 0 Å². The van der Waals surface area contributed by atoms with E-state index >= 15 is 0 Å². The highest BCUT2D eigenvalue weighted by Gasteiger charge is 2.15. The number of aromatic carboxylic acids is 1. The van der Waals surface area contributed by atoms with Crippen LogP contribution in [0.5, 0.6) is 5.75 Å². The highest BCUT2D eigenvalue weighted by atomic mass is 79.9. The van der Waals surface area contributed by atoms with Gasteiger partial charge in [0.15, 0.2) is 0 Å². The number of nitrogens with zero attached hydrogens (tertiary/aromatic N) is 1. The number of aromatic nitrogens is 1. The summed E-state index contributed by atoms with van der Waals surface area (Å²) < 4.78 is 5.88. The molecule has 1 aromatic carbocycles. The predicted octanol–water partition coefficient (Wildman–Crippen LogP) is 3.36. The Balaban J connectivity index is 2.86. The van der Waals surface area contributed by atoms with E-state index in [1.807, 2.05) is 0 Å². The quantitative estimate of drug-likeness (QED) is 0.863. The van der Waals surface area contributed by atoms with E-state index < -0.39 is 5.97 Å². The second-order valence-electron chi connectivity index (χ2n) is 3.28.